The first-order valence-corrected chi connectivity index (χ1v) is 6.44. The van der Waals surface area contributed by atoms with E-state index in [2.05, 4.69) is 20.7 Å². The Bertz CT molecular complexity index is 329. The van der Waals surface area contributed by atoms with Crippen LogP contribution in [0.15, 0.2) is 23.5 Å². The third-order valence-electron chi connectivity index (χ3n) is 2.25. The molecule has 1 heterocycles. The third-order valence-corrected chi connectivity index (χ3v) is 2.25. The van der Waals surface area contributed by atoms with Gasteiger partial charge in [-0.05, 0) is 19.9 Å². The molecule has 19 heavy (non-hydrogen) atoms. The largest absolute Gasteiger partial charge is 0.380 e. The molecule has 6 nitrogen and oxygen atoms in total. The summed E-state index contributed by atoms with van der Waals surface area (Å²) >= 11 is 0. The lowest BCUT2D eigenvalue weighted by molar-refractivity contribution is 0.155. The second-order valence-electron chi connectivity index (χ2n) is 3.65. The Labute approximate surface area is 132 Å². The van der Waals surface area contributed by atoms with E-state index in [0.29, 0.717) is 13.2 Å². The molecule has 2 N–H and O–H groups in total. The number of halogens is 1. The zero-order valence-electron chi connectivity index (χ0n) is 11.6. The van der Waals surface area contributed by atoms with Gasteiger partial charge in [0.25, 0.3) is 0 Å². The average Bonchev–Trinajstić information content (AvgIpc) is 2.87. The van der Waals surface area contributed by atoms with Gasteiger partial charge in [-0.25, -0.2) is 0 Å². The molecule has 0 amide bonds. The summed E-state index contributed by atoms with van der Waals surface area (Å²) < 4.78 is 7.13. The second kappa shape index (κ2) is 12.2. The second-order valence-corrected chi connectivity index (χ2v) is 3.65. The molecule has 1 aromatic rings. The molecule has 0 radical (unpaired) electrons. The molecule has 0 aliphatic carbocycles. The number of ether oxygens (including phenoxy) is 1. The Kier molecular flexibility index (Phi) is 11.7. The zero-order chi connectivity index (χ0) is 13.1. The van der Waals surface area contributed by atoms with Gasteiger partial charge in [-0.3, -0.25) is 9.67 Å². The molecule has 0 unspecified atom stereocenters. The van der Waals surface area contributed by atoms with Crippen molar-refractivity contribution in [1.82, 2.24) is 20.4 Å². The van der Waals surface area contributed by atoms with Gasteiger partial charge in [-0.1, -0.05) is 0 Å². The van der Waals surface area contributed by atoms with Crippen molar-refractivity contribution in [2.24, 2.45) is 4.99 Å². The van der Waals surface area contributed by atoms with Crippen molar-refractivity contribution in [3.05, 3.63) is 18.5 Å². The SMILES string of the molecule is CCNC(=NCCOCC)NCCn1cccn1.I. The van der Waals surface area contributed by atoms with Crippen LogP contribution in [0.1, 0.15) is 13.8 Å². The highest BCUT2D eigenvalue weighted by atomic mass is 127. The molecule has 0 atom stereocenters. The quantitative estimate of drug-likeness (QED) is 0.306. The lowest BCUT2D eigenvalue weighted by Crippen LogP contribution is -2.39. The molecule has 0 aliphatic heterocycles. The van der Waals surface area contributed by atoms with Crippen LogP contribution in [0.25, 0.3) is 0 Å². The van der Waals surface area contributed by atoms with Gasteiger partial charge in [0.15, 0.2) is 5.96 Å². The molecule has 0 fully saturated rings. The van der Waals surface area contributed by atoms with Crippen molar-refractivity contribution in [3.8, 4) is 0 Å². The lowest BCUT2D eigenvalue weighted by atomic mass is 10.6. The maximum atomic E-state index is 5.25. The van der Waals surface area contributed by atoms with E-state index in [-0.39, 0.29) is 24.0 Å². The number of guanidine groups is 1. The van der Waals surface area contributed by atoms with E-state index in [1.54, 1.807) is 6.20 Å². The van der Waals surface area contributed by atoms with Crippen LogP contribution < -0.4 is 10.6 Å². The Morgan fingerprint density at radius 2 is 2.21 bits per heavy atom. The van der Waals surface area contributed by atoms with Gasteiger partial charge in [0.05, 0.1) is 19.7 Å². The van der Waals surface area contributed by atoms with Gasteiger partial charge in [0.1, 0.15) is 0 Å². The van der Waals surface area contributed by atoms with E-state index in [1.165, 1.54) is 0 Å². The monoisotopic (exact) mass is 381 g/mol. The minimum Gasteiger partial charge on any atom is -0.380 e. The first-order valence-electron chi connectivity index (χ1n) is 6.44. The van der Waals surface area contributed by atoms with Crippen molar-refractivity contribution < 1.29 is 4.74 Å². The molecule has 0 saturated carbocycles. The van der Waals surface area contributed by atoms with E-state index in [9.17, 15) is 0 Å². The van der Waals surface area contributed by atoms with Crippen LogP contribution in [0.5, 0.6) is 0 Å². The van der Waals surface area contributed by atoms with Crippen molar-refractivity contribution in [2.45, 2.75) is 20.4 Å². The molecule has 110 valence electrons. The van der Waals surface area contributed by atoms with Crippen LogP contribution in [-0.4, -0.2) is 48.6 Å². The van der Waals surface area contributed by atoms with Crippen LogP contribution in [0.4, 0.5) is 0 Å². The topological polar surface area (TPSA) is 63.5 Å². The van der Waals surface area contributed by atoms with E-state index in [0.717, 1.165) is 32.2 Å². The predicted molar refractivity (Wildman–Crippen MR) is 88.1 cm³/mol. The van der Waals surface area contributed by atoms with Crippen molar-refractivity contribution in [1.29, 1.82) is 0 Å². The number of rotatable bonds is 8. The fourth-order valence-electron chi connectivity index (χ4n) is 1.43. The molecule has 0 aromatic carbocycles. The van der Waals surface area contributed by atoms with Crippen LogP contribution in [0, 0.1) is 0 Å². The Morgan fingerprint density at radius 1 is 1.37 bits per heavy atom. The summed E-state index contributed by atoms with van der Waals surface area (Å²) in [5.74, 6) is 0.823. The van der Waals surface area contributed by atoms with Crippen molar-refractivity contribution in [2.75, 3.05) is 32.8 Å². The third kappa shape index (κ3) is 8.82. The first-order chi connectivity index (χ1) is 8.86. The predicted octanol–water partition coefficient (Wildman–Crippen LogP) is 1.09. The number of hydrogen-bond acceptors (Lipinski definition) is 3. The summed E-state index contributed by atoms with van der Waals surface area (Å²) in [6, 6.07) is 1.92. The number of nitrogens with one attached hydrogen (secondary N) is 2. The maximum Gasteiger partial charge on any atom is 0.191 e. The van der Waals surface area contributed by atoms with Gasteiger partial charge in [0.2, 0.25) is 0 Å². The minimum absolute atomic E-state index is 0. The van der Waals surface area contributed by atoms with E-state index >= 15 is 0 Å². The van der Waals surface area contributed by atoms with Crippen molar-refractivity contribution >= 4 is 29.9 Å². The van der Waals surface area contributed by atoms with Crippen LogP contribution in [0.3, 0.4) is 0 Å². The number of nitrogens with zero attached hydrogens (tertiary/aromatic N) is 3. The molecule has 1 rings (SSSR count). The fourth-order valence-corrected chi connectivity index (χ4v) is 1.43. The van der Waals surface area contributed by atoms with Crippen LogP contribution >= 0.6 is 24.0 Å². The number of aliphatic imine (C=N–C) groups is 1. The Morgan fingerprint density at radius 3 is 2.84 bits per heavy atom. The molecule has 0 spiro atoms. The molecular weight excluding hydrogens is 357 g/mol. The van der Waals surface area contributed by atoms with Crippen LogP contribution in [0.2, 0.25) is 0 Å². The standard InChI is InChI=1S/C12H23N5O.HI/c1-3-13-12(15-8-11-18-4-2)14-7-10-17-9-5-6-16-17;/h5-6,9H,3-4,7-8,10-11H2,1-2H3,(H2,13,14,15);1H. The van der Waals surface area contributed by atoms with E-state index in [4.69, 9.17) is 4.74 Å². The normalized spacial score (nSPS) is 10.9. The van der Waals surface area contributed by atoms with Gasteiger partial charge >= 0.3 is 0 Å². The van der Waals surface area contributed by atoms with Gasteiger partial charge in [-0.15, -0.1) is 24.0 Å². The molecule has 7 heteroatoms. The summed E-state index contributed by atoms with van der Waals surface area (Å²) in [4.78, 5) is 4.41. The Balaban J connectivity index is 0.00000324. The molecular formula is C12H24IN5O. The van der Waals surface area contributed by atoms with Gasteiger partial charge in [0, 0.05) is 32.1 Å². The highest BCUT2D eigenvalue weighted by Gasteiger charge is 1.96. The number of aromatic nitrogens is 2. The summed E-state index contributed by atoms with van der Waals surface area (Å²) in [6.45, 7) is 8.56. The van der Waals surface area contributed by atoms with E-state index in [1.807, 2.05) is 30.8 Å². The first kappa shape index (κ1) is 18.2. The van der Waals surface area contributed by atoms with Crippen LogP contribution in [-0.2, 0) is 11.3 Å². The highest BCUT2D eigenvalue weighted by Crippen LogP contribution is 1.83. The molecule has 0 aliphatic rings. The number of hydrogen-bond donors (Lipinski definition) is 2. The summed E-state index contributed by atoms with van der Waals surface area (Å²) in [5.41, 5.74) is 0. The van der Waals surface area contributed by atoms with Crippen molar-refractivity contribution in [3.63, 3.8) is 0 Å². The average molecular weight is 381 g/mol. The fraction of sp³-hybridized carbons (Fsp3) is 0.667. The zero-order valence-corrected chi connectivity index (χ0v) is 14.0. The van der Waals surface area contributed by atoms with Gasteiger partial charge < -0.3 is 15.4 Å². The van der Waals surface area contributed by atoms with E-state index < -0.39 is 0 Å². The summed E-state index contributed by atoms with van der Waals surface area (Å²) in [6.07, 6.45) is 3.72. The lowest BCUT2D eigenvalue weighted by Gasteiger charge is -2.11. The summed E-state index contributed by atoms with van der Waals surface area (Å²) in [5, 5.41) is 10.6. The minimum atomic E-state index is 0. The maximum absolute atomic E-state index is 5.25. The molecule has 1 aromatic heterocycles. The highest BCUT2D eigenvalue weighted by molar-refractivity contribution is 14.0. The molecule has 0 saturated heterocycles. The Hall–Kier alpha value is -0.830. The molecule has 0 bridgehead atoms. The summed E-state index contributed by atoms with van der Waals surface area (Å²) in [7, 11) is 0. The van der Waals surface area contributed by atoms with Gasteiger partial charge in [-0.2, -0.15) is 5.10 Å². The smallest absolute Gasteiger partial charge is 0.191 e.